The number of hydrogen-bond donors (Lipinski definition) is 2. The van der Waals surface area contributed by atoms with Gasteiger partial charge in [-0.1, -0.05) is 17.7 Å². The van der Waals surface area contributed by atoms with Crippen LogP contribution in [0.2, 0.25) is 5.02 Å². The van der Waals surface area contributed by atoms with Gasteiger partial charge < -0.3 is 19.9 Å². The van der Waals surface area contributed by atoms with E-state index in [0.29, 0.717) is 52.5 Å². The van der Waals surface area contributed by atoms with Crippen molar-refractivity contribution >= 4 is 34.9 Å². The molecule has 10 heteroatoms. The Morgan fingerprint density at radius 1 is 1.21 bits per heavy atom. The molecule has 2 N–H and O–H groups in total. The first kappa shape index (κ1) is 21.4. The minimum atomic E-state index is -0.638. The van der Waals surface area contributed by atoms with Crippen molar-refractivity contribution in [3.8, 4) is 11.5 Å². The number of fused-ring (bicyclic) bond motifs is 2. The van der Waals surface area contributed by atoms with Crippen LogP contribution >= 0.6 is 11.6 Å². The van der Waals surface area contributed by atoms with Gasteiger partial charge in [0.2, 0.25) is 18.6 Å². The topological polar surface area (TPSA) is 111 Å². The van der Waals surface area contributed by atoms with Gasteiger partial charge in [0, 0.05) is 29.4 Å². The fraction of sp³-hybridized carbons (Fsp3) is 0.304. The van der Waals surface area contributed by atoms with Crippen LogP contribution in [0.5, 0.6) is 11.5 Å². The molecule has 0 fully saturated rings. The monoisotopic (exact) mass is 467 g/mol. The van der Waals surface area contributed by atoms with Crippen molar-refractivity contribution in [1.29, 1.82) is 0 Å². The van der Waals surface area contributed by atoms with Gasteiger partial charge in [0.25, 0.3) is 0 Å². The zero-order chi connectivity index (χ0) is 22.9. The first-order valence-electron chi connectivity index (χ1n) is 10.6. The van der Waals surface area contributed by atoms with Crippen LogP contribution < -0.4 is 14.8 Å². The molecule has 2 aliphatic rings. The summed E-state index contributed by atoms with van der Waals surface area (Å²) in [6.45, 7) is 2.02. The lowest BCUT2D eigenvalue weighted by molar-refractivity contribution is -0.118. The fourth-order valence-electron chi connectivity index (χ4n) is 4.08. The molecule has 1 aromatic heterocycles. The number of rotatable bonds is 6. The van der Waals surface area contributed by atoms with Crippen molar-refractivity contribution < 1.29 is 19.4 Å². The molecule has 170 valence electrons. The van der Waals surface area contributed by atoms with Crippen LogP contribution in [0, 0.1) is 5.92 Å². The second kappa shape index (κ2) is 8.84. The Morgan fingerprint density at radius 2 is 2.00 bits per heavy atom. The number of aliphatic imine (C=N–C) groups is 1. The normalized spacial score (nSPS) is 18.6. The molecule has 3 heterocycles. The Bertz CT molecular complexity index is 1220. The number of anilines is 1. The Balaban J connectivity index is 1.55. The average Bonchev–Trinajstić information content (AvgIpc) is 3.44. The second-order valence-corrected chi connectivity index (χ2v) is 8.32. The Morgan fingerprint density at radius 3 is 2.79 bits per heavy atom. The summed E-state index contributed by atoms with van der Waals surface area (Å²) in [5.41, 5.74) is 2.08. The van der Waals surface area contributed by atoms with Crippen molar-refractivity contribution in [2.75, 3.05) is 18.7 Å². The van der Waals surface area contributed by atoms with Gasteiger partial charge in [-0.3, -0.25) is 4.79 Å². The van der Waals surface area contributed by atoms with E-state index in [-0.39, 0.29) is 19.3 Å². The summed E-state index contributed by atoms with van der Waals surface area (Å²) >= 11 is 5.98. The minimum absolute atomic E-state index is 0.0455. The number of ether oxygens (including phenoxy) is 2. The van der Waals surface area contributed by atoms with E-state index in [1.165, 1.54) is 0 Å². The molecular formula is C23H22ClN5O4. The van der Waals surface area contributed by atoms with E-state index in [4.69, 9.17) is 21.1 Å². The quantitative estimate of drug-likeness (QED) is 0.573. The molecule has 33 heavy (non-hydrogen) atoms. The van der Waals surface area contributed by atoms with Crippen molar-refractivity contribution in [3.05, 3.63) is 58.9 Å². The lowest BCUT2D eigenvalue weighted by Gasteiger charge is -2.30. The smallest absolute Gasteiger partial charge is 0.248 e. The molecule has 1 amide bonds. The molecule has 0 saturated carbocycles. The van der Waals surface area contributed by atoms with Gasteiger partial charge in [0.15, 0.2) is 17.3 Å². The zero-order valence-electron chi connectivity index (χ0n) is 17.9. The van der Waals surface area contributed by atoms with Crippen LogP contribution in [0.15, 0.2) is 47.5 Å². The predicted molar refractivity (Wildman–Crippen MR) is 122 cm³/mol. The third-order valence-electron chi connectivity index (χ3n) is 5.65. The number of nitrogens with zero attached hydrogens (tertiary/aromatic N) is 4. The van der Waals surface area contributed by atoms with E-state index in [0.717, 1.165) is 5.56 Å². The molecule has 0 bridgehead atoms. The predicted octanol–water partition coefficient (Wildman–Crippen LogP) is 3.54. The van der Waals surface area contributed by atoms with E-state index in [9.17, 15) is 9.90 Å². The molecule has 0 spiro atoms. The number of carbonyl (C=O) groups is 1. The molecule has 2 atom stereocenters. The molecule has 2 aliphatic heterocycles. The molecular weight excluding hydrogens is 446 g/mol. The Labute approximate surface area is 195 Å². The molecule has 2 aromatic carbocycles. The number of aliphatic hydroxyl groups is 1. The maximum Gasteiger partial charge on any atom is 0.248 e. The highest BCUT2D eigenvalue weighted by atomic mass is 35.5. The van der Waals surface area contributed by atoms with Gasteiger partial charge >= 0.3 is 0 Å². The van der Waals surface area contributed by atoms with E-state index in [1.807, 2.05) is 25.1 Å². The standard InChI is InChI=1S/C23H22ClN5O4/c1-13-20(22(31)26-16-7-5-15(24)6-8-16)21(14-4-9-17-18(11-14)33-12-32-17)29-23(25-13)27-19(28-29)3-2-10-30/h4-9,11,20-21,30H,2-3,10,12H2,1H3,(H,26,31). The first-order valence-corrected chi connectivity index (χ1v) is 11.0. The highest BCUT2D eigenvalue weighted by Gasteiger charge is 2.40. The van der Waals surface area contributed by atoms with Crippen LogP contribution in [0.1, 0.15) is 30.8 Å². The fourth-order valence-corrected chi connectivity index (χ4v) is 4.20. The lowest BCUT2D eigenvalue weighted by Crippen LogP contribution is -2.39. The van der Waals surface area contributed by atoms with E-state index in [1.54, 1.807) is 28.9 Å². The Kier molecular flexibility index (Phi) is 5.74. The first-order chi connectivity index (χ1) is 16.0. The third kappa shape index (κ3) is 4.17. The van der Waals surface area contributed by atoms with Crippen molar-refractivity contribution in [1.82, 2.24) is 14.8 Å². The minimum Gasteiger partial charge on any atom is -0.454 e. The maximum absolute atomic E-state index is 13.5. The number of halogens is 1. The SMILES string of the molecule is CC1=Nc2nc(CCCO)nn2C(c2ccc3c(c2)OCO3)C1C(=O)Nc1ccc(Cl)cc1. The summed E-state index contributed by atoms with van der Waals surface area (Å²) in [6.07, 6.45) is 1.06. The molecule has 0 aliphatic carbocycles. The number of nitrogens with one attached hydrogen (secondary N) is 1. The van der Waals surface area contributed by atoms with Gasteiger partial charge in [-0.05, 0) is 55.3 Å². The Hall–Kier alpha value is -3.43. The summed E-state index contributed by atoms with van der Waals surface area (Å²) < 4.78 is 12.7. The number of aromatic nitrogens is 3. The van der Waals surface area contributed by atoms with Gasteiger partial charge in [0.1, 0.15) is 5.92 Å². The number of aryl methyl sites for hydroxylation is 1. The average molecular weight is 468 g/mol. The van der Waals surface area contributed by atoms with Gasteiger partial charge in [-0.2, -0.15) is 10.1 Å². The van der Waals surface area contributed by atoms with Crippen molar-refractivity contribution in [3.63, 3.8) is 0 Å². The van der Waals surface area contributed by atoms with Crippen LogP contribution in [0.25, 0.3) is 0 Å². The molecule has 0 saturated heterocycles. The van der Waals surface area contributed by atoms with E-state index < -0.39 is 12.0 Å². The van der Waals surface area contributed by atoms with E-state index >= 15 is 0 Å². The summed E-state index contributed by atoms with van der Waals surface area (Å²) in [7, 11) is 0. The second-order valence-electron chi connectivity index (χ2n) is 7.88. The number of carbonyl (C=O) groups excluding carboxylic acids is 1. The van der Waals surface area contributed by atoms with Crippen molar-refractivity contribution in [2.24, 2.45) is 10.9 Å². The number of benzene rings is 2. The highest BCUT2D eigenvalue weighted by molar-refractivity contribution is 6.30. The van der Waals surface area contributed by atoms with Gasteiger partial charge in [-0.25, -0.2) is 9.67 Å². The van der Waals surface area contributed by atoms with Gasteiger partial charge in [0.05, 0.1) is 6.04 Å². The number of hydrogen-bond acceptors (Lipinski definition) is 7. The zero-order valence-corrected chi connectivity index (χ0v) is 18.6. The molecule has 0 radical (unpaired) electrons. The molecule has 9 nitrogen and oxygen atoms in total. The van der Waals surface area contributed by atoms with Crippen LogP contribution in [0.3, 0.4) is 0 Å². The van der Waals surface area contributed by atoms with Crippen LogP contribution in [0.4, 0.5) is 11.6 Å². The maximum atomic E-state index is 13.5. The summed E-state index contributed by atoms with van der Waals surface area (Å²) in [6, 6.07) is 12.0. The highest BCUT2D eigenvalue weighted by Crippen LogP contribution is 2.40. The van der Waals surface area contributed by atoms with E-state index in [2.05, 4.69) is 20.4 Å². The third-order valence-corrected chi connectivity index (χ3v) is 5.91. The summed E-state index contributed by atoms with van der Waals surface area (Å²) in [5.74, 6) is 1.41. The van der Waals surface area contributed by atoms with Crippen molar-refractivity contribution in [2.45, 2.75) is 25.8 Å². The van der Waals surface area contributed by atoms with Gasteiger partial charge in [-0.15, -0.1) is 0 Å². The number of aliphatic hydroxyl groups excluding tert-OH is 1. The van der Waals surface area contributed by atoms with Crippen LogP contribution in [-0.2, 0) is 11.2 Å². The summed E-state index contributed by atoms with van der Waals surface area (Å²) in [4.78, 5) is 22.6. The van der Waals surface area contributed by atoms with Crippen LogP contribution in [-0.4, -0.2) is 44.9 Å². The molecule has 5 rings (SSSR count). The summed E-state index contributed by atoms with van der Waals surface area (Å²) in [5, 5.41) is 17.4. The largest absolute Gasteiger partial charge is 0.454 e. The molecule has 3 aromatic rings. The lowest BCUT2D eigenvalue weighted by atomic mass is 9.87. The number of amides is 1. The molecule has 2 unspecified atom stereocenters.